The van der Waals surface area contributed by atoms with Crippen molar-refractivity contribution in [2.24, 2.45) is 5.92 Å². The number of nitrogens with one attached hydrogen (secondary N) is 1. The summed E-state index contributed by atoms with van der Waals surface area (Å²) in [6.07, 6.45) is 0.594. The Bertz CT molecular complexity index is 486. The van der Waals surface area contributed by atoms with E-state index in [1.54, 1.807) is 0 Å². The smallest absolute Gasteiger partial charge is 0.216 e. The number of hydrogen-bond donors (Lipinski definition) is 1. The van der Waals surface area contributed by atoms with E-state index < -0.39 is 6.36 Å². The minimum Gasteiger partial charge on any atom is -0.364 e. The van der Waals surface area contributed by atoms with Gasteiger partial charge in [-0.05, 0) is 50.2 Å². The van der Waals surface area contributed by atoms with Gasteiger partial charge in [-0.15, -0.1) is 0 Å². The summed E-state index contributed by atoms with van der Waals surface area (Å²) in [5, 5.41) is 3.27. The van der Waals surface area contributed by atoms with E-state index in [0.29, 0.717) is 13.2 Å². The van der Waals surface area contributed by atoms with Crippen molar-refractivity contribution < 1.29 is 13.9 Å². The summed E-state index contributed by atoms with van der Waals surface area (Å²) < 4.78 is 18.1. The molecular weight excluding hydrogens is 271 g/mol. The van der Waals surface area contributed by atoms with Crippen LogP contribution in [0.4, 0.5) is 10.1 Å². The molecule has 0 spiro atoms. The van der Waals surface area contributed by atoms with Crippen molar-refractivity contribution in [3.8, 4) is 0 Å². The van der Waals surface area contributed by atoms with Crippen LogP contribution in [0.5, 0.6) is 0 Å². The zero-order chi connectivity index (χ0) is 14.7. The molecule has 2 aliphatic heterocycles. The van der Waals surface area contributed by atoms with Crippen LogP contribution in [0.2, 0.25) is 0 Å². The number of rotatable bonds is 3. The molecule has 2 aliphatic rings. The molecule has 3 rings (SSSR count). The number of morpholine rings is 1. The molecule has 21 heavy (non-hydrogen) atoms. The van der Waals surface area contributed by atoms with Crippen LogP contribution >= 0.6 is 0 Å². The summed E-state index contributed by atoms with van der Waals surface area (Å²) in [6.45, 7) is 3.17. The quantitative estimate of drug-likeness (QED) is 0.865. The normalized spacial score (nSPS) is 24.0. The van der Waals surface area contributed by atoms with Gasteiger partial charge in [-0.1, -0.05) is 0 Å². The minimum absolute atomic E-state index is 0.135. The summed E-state index contributed by atoms with van der Waals surface area (Å²) in [6, 6.07) is 7.55. The maximum Gasteiger partial charge on any atom is 0.216 e. The Morgan fingerprint density at radius 3 is 2.62 bits per heavy atom. The molecule has 1 aromatic rings. The number of hydrogen-bond acceptors (Lipinski definition) is 4. The average Bonchev–Trinajstić information content (AvgIpc) is 2.55. The van der Waals surface area contributed by atoms with Crippen LogP contribution < -0.4 is 10.2 Å². The summed E-state index contributed by atoms with van der Waals surface area (Å²) in [5.41, 5.74) is 1.71. The van der Waals surface area contributed by atoms with Crippen LogP contribution in [0.15, 0.2) is 24.3 Å². The zero-order valence-corrected chi connectivity index (χ0v) is 12.1. The third-order valence-electron chi connectivity index (χ3n) is 4.25. The second-order valence-electron chi connectivity index (χ2n) is 5.66. The largest absolute Gasteiger partial charge is 0.364 e. The average molecular weight is 292 g/mol. The summed E-state index contributed by atoms with van der Waals surface area (Å²) in [5.74, 6) is 0.365. The van der Waals surface area contributed by atoms with E-state index in [0.717, 1.165) is 37.2 Å². The lowest BCUT2D eigenvalue weighted by Gasteiger charge is -2.31. The van der Waals surface area contributed by atoms with Crippen molar-refractivity contribution in [1.29, 1.82) is 0 Å². The number of anilines is 1. The summed E-state index contributed by atoms with van der Waals surface area (Å²) in [4.78, 5) is 14.4. The van der Waals surface area contributed by atoms with Gasteiger partial charge >= 0.3 is 0 Å². The number of carbonyl (C=O) groups is 1. The standard InChI is InChI=1S/C16H21FN2O2/c17-15-11-19(9-10-21-15)14-3-1-12(2-4-14)16(20)13-5-7-18-8-6-13/h1-4,13,15,18H,5-11H2. The highest BCUT2D eigenvalue weighted by Crippen LogP contribution is 2.22. The van der Waals surface area contributed by atoms with Crippen LogP contribution in [-0.2, 0) is 4.74 Å². The fraction of sp³-hybridized carbons (Fsp3) is 0.562. The third kappa shape index (κ3) is 3.41. The van der Waals surface area contributed by atoms with Crippen LogP contribution in [0, 0.1) is 5.92 Å². The van der Waals surface area contributed by atoms with Crippen molar-refractivity contribution in [3.63, 3.8) is 0 Å². The van der Waals surface area contributed by atoms with E-state index in [1.165, 1.54) is 0 Å². The van der Waals surface area contributed by atoms with Gasteiger partial charge in [0.1, 0.15) is 0 Å². The van der Waals surface area contributed by atoms with Gasteiger partial charge in [0.25, 0.3) is 0 Å². The van der Waals surface area contributed by atoms with Gasteiger partial charge in [0.05, 0.1) is 13.2 Å². The molecule has 0 radical (unpaired) electrons. The molecular formula is C16H21FN2O2. The second-order valence-corrected chi connectivity index (χ2v) is 5.66. The monoisotopic (exact) mass is 292 g/mol. The lowest BCUT2D eigenvalue weighted by molar-refractivity contribution is -0.0465. The van der Waals surface area contributed by atoms with E-state index in [4.69, 9.17) is 4.74 Å². The Kier molecular flexibility index (Phi) is 4.51. The Morgan fingerprint density at radius 2 is 1.95 bits per heavy atom. The maximum atomic E-state index is 13.2. The van der Waals surface area contributed by atoms with Crippen molar-refractivity contribution in [3.05, 3.63) is 29.8 Å². The molecule has 4 nitrogen and oxygen atoms in total. The van der Waals surface area contributed by atoms with Crippen LogP contribution in [0.25, 0.3) is 0 Å². The number of nitrogens with zero attached hydrogens (tertiary/aromatic N) is 1. The number of alkyl halides is 1. The van der Waals surface area contributed by atoms with E-state index in [1.807, 2.05) is 29.2 Å². The van der Waals surface area contributed by atoms with Crippen molar-refractivity contribution >= 4 is 11.5 Å². The Labute approximate surface area is 124 Å². The fourth-order valence-corrected chi connectivity index (χ4v) is 3.00. The Balaban J connectivity index is 1.67. The highest BCUT2D eigenvalue weighted by Gasteiger charge is 2.23. The first-order valence-electron chi connectivity index (χ1n) is 7.59. The molecule has 5 heteroatoms. The number of piperidine rings is 1. The summed E-state index contributed by atoms with van der Waals surface area (Å²) in [7, 11) is 0. The number of Topliss-reactive ketones (excluding diaryl/α,β-unsaturated/α-hetero) is 1. The van der Waals surface area contributed by atoms with Crippen LogP contribution in [-0.4, -0.2) is 44.9 Å². The SMILES string of the molecule is O=C(c1ccc(N2CCOC(F)C2)cc1)C1CCNCC1. The lowest BCUT2D eigenvalue weighted by atomic mass is 9.89. The molecule has 0 bridgehead atoms. The van der Waals surface area contributed by atoms with Gasteiger partial charge in [0.2, 0.25) is 6.36 Å². The van der Waals surface area contributed by atoms with Crippen LogP contribution in [0.3, 0.4) is 0 Å². The molecule has 0 saturated carbocycles. The predicted octanol–water partition coefficient (Wildman–Crippen LogP) is 2.00. The number of benzene rings is 1. The van der Waals surface area contributed by atoms with Crippen molar-refractivity contribution in [2.75, 3.05) is 37.7 Å². The highest BCUT2D eigenvalue weighted by molar-refractivity contribution is 5.98. The van der Waals surface area contributed by atoms with Gasteiger partial charge in [-0.3, -0.25) is 4.79 Å². The van der Waals surface area contributed by atoms with Crippen LogP contribution in [0.1, 0.15) is 23.2 Å². The van der Waals surface area contributed by atoms with Crippen molar-refractivity contribution in [2.45, 2.75) is 19.2 Å². The minimum atomic E-state index is -1.23. The number of ether oxygens (including phenoxy) is 1. The molecule has 1 unspecified atom stereocenters. The topological polar surface area (TPSA) is 41.6 Å². The van der Waals surface area contributed by atoms with E-state index >= 15 is 0 Å². The molecule has 0 aliphatic carbocycles. The first-order valence-corrected chi connectivity index (χ1v) is 7.59. The zero-order valence-electron chi connectivity index (χ0n) is 12.1. The fourth-order valence-electron chi connectivity index (χ4n) is 3.00. The molecule has 0 aromatic heterocycles. The Hall–Kier alpha value is -1.46. The maximum absolute atomic E-state index is 13.2. The van der Waals surface area contributed by atoms with Gasteiger partial charge in [0, 0.05) is 23.7 Å². The number of halogens is 1. The highest BCUT2D eigenvalue weighted by atomic mass is 19.1. The van der Waals surface area contributed by atoms with Gasteiger partial charge < -0.3 is 15.0 Å². The third-order valence-corrected chi connectivity index (χ3v) is 4.25. The number of carbonyl (C=O) groups excluding carboxylic acids is 1. The van der Waals surface area contributed by atoms with Crippen molar-refractivity contribution in [1.82, 2.24) is 5.32 Å². The molecule has 2 heterocycles. The lowest BCUT2D eigenvalue weighted by Crippen LogP contribution is -2.40. The molecule has 2 saturated heterocycles. The Morgan fingerprint density at radius 1 is 1.24 bits per heavy atom. The van der Waals surface area contributed by atoms with Gasteiger partial charge in [-0.25, -0.2) is 4.39 Å². The molecule has 0 amide bonds. The first kappa shape index (κ1) is 14.5. The molecule has 1 N–H and O–H groups in total. The van der Waals surface area contributed by atoms with Gasteiger partial charge in [-0.2, -0.15) is 0 Å². The second kappa shape index (κ2) is 6.54. The number of ketones is 1. The molecule has 2 fully saturated rings. The van der Waals surface area contributed by atoms with E-state index in [9.17, 15) is 9.18 Å². The van der Waals surface area contributed by atoms with E-state index in [2.05, 4.69) is 5.32 Å². The predicted molar refractivity (Wildman–Crippen MR) is 79.4 cm³/mol. The first-order chi connectivity index (χ1) is 10.2. The molecule has 114 valence electrons. The molecule has 1 aromatic carbocycles. The van der Waals surface area contributed by atoms with E-state index in [-0.39, 0.29) is 18.2 Å². The summed E-state index contributed by atoms with van der Waals surface area (Å²) >= 11 is 0. The molecule has 1 atom stereocenters. The van der Waals surface area contributed by atoms with Gasteiger partial charge in [0.15, 0.2) is 5.78 Å².